The van der Waals surface area contributed by atoms with Crippen LogP contribution in [0.15, 0.2) is 35.7 Å². The highest BCUT2D eigenvalue weighted by molar-refractivity contribution is 7.14. The van der Waals surface area contributed by atoms with Crippen molar-refractivity contribution >= 4 is 51.9 Å². The molecule has 0 unspecified atom stereocenters. The Morgan fingerprint density at radius 2 is 1.94 bits per heavy atom. The Hall–Kier alpha value is -2.45. The third-order valence-corrected chi connectivity index (χ3v) is 6.90. The molecule has 0 bridgehead atoms. The molecule has 0 radical (unpaired) electrons. The van der Waals surface area contributed by atoms with Crippen LogP contribution in [0.3, 0.4) is 0 Å². The lowest BCUT2D eigenvalue weighted by Crippen LogP contribution is -2.12. The first-order valence-corrected chi connectivity index (χ1v) is 13.0. The fraction of sp³-hybridized carbons (Fsp3) is 0.346. The quantitative estimate of drug-likeness (QED) is 0.189. The predicted molar refractivity (Wildman–Crippen MR) is 142 cm³/mol. The lowest BCUT2D eigenvalue weighted by molar-refractivity contribution is 0.0612. The van der Waals surface area contributed by atoms with E-state index in [1.165, 1.54) is 36.3 Å². The van der Waals surface area contributed by atoms with E-state index in [1.807, 2.05) is 30.5 Å². The van der Waals surface area contributed by atoms with Gasteiger partial charge >= 0.3 is 0 Å². The van der Waals surface area contributed by atoms with Crippen molar-refractivity contribution in [3.63, 3.8) is 0 Å². The van der Waals surface area contributed by atoms with Gasteiger partial charge in [0.05, 0.1) is 34.5 Å². The Bertz CT molecular complexity index is 1160. The normalized spacial score (nSPS) is 11.8. The maximum Gasteiger partial charge on any atom is 0.257 e. The summed E-state index contributed by atoms with van der Waals surface area (Å²) in [5.41, 5.74) is 2.80. The number of aromatic nitrogens is 1. The molecule has 0 fully saturated rings. The maximum atomic E-state index is 12.7. The number of carbonyl (C=O) groups is 2. The predicted octanol–water partition coefficient (Wildman–Crippen LogP) is 7.85. The fourth-order valence-electron chi connectivity index (χ4n) is 3.64. The van der Waals surface area contributed by atoms with Crippen LogP contribution in [0.4, 0.5) is 5.13 Å². The lowest BCUT2D eigenvalue weighted by atomic mass is 10.0. The first-order valence-electron chi connectivity index (χ1n) is 11.4. The summed E-state index contributed by atoms with van der Waals surface area (Å²) in [5, 5.41) is 5.24. The van der Waals surface area contributed by atoms with Crippen molar-refractivity contribution < 1.29 is 19.1 Å². The van der Waals surface area contributed by atoms with Crippen LogP contribution in [0.25, 0.3) is 11.3 Å². The van der Waals surface area contributed by atoms with Gasteiger partial charge in [-0.05, 0) is 31.5 Å². The summed E-state index contributed by atoms with van der Waals surface area (Å²) in [7, 11) is 1.63. The van der Waals surface area contributed by atoms with Crippen LogP contribution in [-0.4, -0.2) is 30.9 Å². The molecule has 1 N–H and O–H groups in total. The van der Waals surface area contributed by atoms with Gasteiger partial charge < -0.3 is 9.47 Å². The molecule has 186 valence electrons. The average molecular weight is 535 g/mol. The van der Waals surface area contributed by atoms with Crippen molar-refractivity contribution in [3.05, 3.63) is 62.4 Å². The molecule has 9 heteroatoms. The number of rotatable bonds is 12. The Labute approximate surface area is 219 Å². The zero-order chi connectivity index (χ0) is 25.4. The number of benzene rings is 2. The van der Waals surface area contributed by atoms with Gasteiger partial charge in [-0.1, -0.05) is 61.5 Å². The van der Waals surface area contributed by atoms with Gasteiger partial charge in [0.15, 0.2) is 11.4 Å². The Kier molecular flexibility index (Phi) is 10.1. The van der Waals surface area contributed by atoms with E-state index in [4.69, 9.17) is 32.7 Å². The maximum absolute atomic E-state index is 12.7. The second-order valence-electron chi connectivity index (χ2n) is 7.97. The smallest absolute Gasteiger partial charge is 0.257 e. The van der Waals surface area contributed by atoms with Gasteiger partial charge in [-0.15, -0.1) is 11.3 Å². The van der Waals surface area contributed by atoms with Crippen molar-refractivity contribution in [2.45, 2.75) is 45.6 Å². The molecule has 1 heterocycles. The highest BCUT2D eigenvalue weighted by Gasteiger charge is 2.19. The SMILES string of the molecule is CCCCCCO[C@@H](C)c1cccc(-c2csc(NC(=O)c3cc(Cl)c(C=O)c(Cl)c3)n2)c1OC. The highest BCUT2D eigenvalue weighted by Crippen LogP contribution is 2.38. The van der Waals surface area contributed by atoms with Crippen LogP contribution in [0.1, 0.15) is 71.9 Å². The summed E-state index contributed by atoms with van der Waals surface area (Å²) in [6.45, 7) is 4.90. The van der Waals surface area contributed by atoms with E-state index in [1.54, 1.807) is 7.11 Å². The number of amides is 1. The molecular formula is C26H28Cl2N2O4S. The van der Waals surface area contributed by atoms with Gasteiger partial charge in [0.2, 0.25) is 0 Å². The van der Waals surface area contributed by atoms with Crippen LogP contribution in [0.2, 0.25) is 10.0 Å². The van der Waals surface area contributed by atoms with E-state index < -0.39 is 5.91 Å². The summed E-state index contributed by atoms with van der Waals surface area (Å²) < 4.78 is 11.8. The van der Waals surface area contributed by atoms with Gasteiger partial charge in [0.1, 0.15) is 5.75 Å². The third kappa shape index (κ3) is 6.82. The second-order valence-corrected chi connectivity index (χ2v) is 9.64. The van der Waals surface area contributed by atoms with Gasteiger partial charge in [-0.3, -0.25) is 14.9 Å². The summed E-state index contributed by atoms with van der Waals surface area (Å²) in [6, 6.07) is 8.66. The molecule has 2 aromatic carbocycles. The number of unbranched alkanes of at least 4 members (excludes halogenated alkanes) is 3. The number of halogens is 2. The molecule has 0 aliphatic carbocycles. The number of thiazole rings is 1. The zero-order valence-corrected chi connectivity index (χ0v) is 22.2. The molecule has 6 nitrogen and oxygen atoms in total. The van der Waals surface area contributed by atoms with E-state index in [2.05, 4.69) is 17.2 Å². The molecule has 1 amide bonds. The number of nitrogens with zero attached hydrogens (tertiary/aromatic N) is 1. The van der Waals surface area contributed by atoms with Crippen LogP contribution in [0.5, 0.6) is 5.75 Å². The molecule has 0 aliphatic rings. The number of ether oxygens (including phenoxy) is 2. The number of carbonyl (C=O) groups excluding carboxylic acids is 2. The Morgan fingerprint density at radius 1 is 1.20 bits per heavy atom. The van der Waals surface area contributed by atoms with Crippen LogP contribution in [-0.2, 0) is 4.74 Å². The van der Waals surface area contributed by atoms with Crippen molar-refractivity contribution in [2.24, 2.45) is 0 Å². The number of para-hydroxylation sites is 1. The fourth-order valence-corrected chi connectivity index (χ4v) is 4.92. The summed E-state index contributed by atoms with van der Waals surface area (Å²) in [5.74, 6) is 0.262. The molecule has 0 spiro atoms. The molecule has 35 heavy (non-hydrogen) atoms. The number of aldehydes is 1. The molecule has 3 rings (SSSR count). The zero-order valence-electron chi connectivity index (χ0n) is 19.9. The van der Waals surface area contributed by atoms with Crippen LogP contribution < -0.4 is 10.1 Å². The number of hydrogen-bond acceptors (Lipinski definition) is 6. The van der Waals surface area contributed by atoms with Gasteiger partial charge in [-0.25, -0.2) is 4.98 Å². The van der Waals surface area contributed by atoms with Crippen LogP contribution >= 0.6 is 34.5 Å². The minimum Gasteiger partial charge on any atom is -0.496 e. The number of nitrogens with one attached hydrogen (secondary N) is 1. The van der Waals surface area contributed by atoms with E-state index in [0.717, 1.165) is 24.0 Å². The molecule has 1 aromatic heterocycles. The molecular weight excluding hydrogens is 507 g/mol. The minimum atomic E-state index is -0.432. The van der Waals surface area contributed by atoms with E-state index in [9.17, 15) is 9.59 Å². The van der Waals surface area contributed by atoms with Crippen molar-refractivity contribution in [3.8, 4) is 17.0 Å². The van der Waals surface area contributed by atoms with Crippen molar-refractivity contribution in [2.75, 3.05) is 19.0 Å². The second kappa shape index (κ2) is 13.0. The minimum absolute atomic E-state index is 0.112. The molecule has 0 aliphatic heterocycles. The Morgan fingerprint density at radius 3 is 2.60 bits per heavy atom. The first kappa shape index (κ1) is 27.1. The van der Waals surface area contributed by atoms with Crippen LogP contribution in [0, 0.1) is 0 Å². The third-order valence-electron chi connectivity index (χ3n) is 5.51. The van der Waals surface area contributed by atoms with E-state index >= 15 is 0 Å². The van der Waals surface area contributed by atoms with Gasteiger partial charge in [-0.2, -0.15) is 0 Å². The number of methoxy groups -OCH3 is 1. The van der Waals surface area contributed by atoms with Gasteiger partial charge in [0, 0.05) is 28.7 Å². The highest BCUT2D eigenvalue weighted by atomic mass is 35.5. The topological polar surface area (TPSA) is 77.5 Å². The van der Waals surface area contributed by atoms with Gasteiger partial charge in [0.25, 0.3) is 5.91 Å². The monoisotopic (exact) mass is 534 g/mol. The van der Waals surface area contributed by atoms with Crippen molar-refractivity contribution in [1.82, 2.24) is 4.98 Å². The average Bonchev–Trinajstić information content (AvgIpc) is 3.31. The summed E-state index contributed by atoms with van der Waals surface area (Å²) >= 11 is 13.4. The molecule has 3 aromatic rings. The molecule has 0 saturated heterocycles. The Balaban J connectivity index is 1.76. The standard InChI is InChI=1S/C26H28Cl2N2O4S/c1-4-5-6-7-11-34-16(2)18-9-8-10-19(24(18)33-3)23-15-35-26(29-23)30-25(32)17-12-21(27)20(14-31)22(28)13-17/h8-10,12-16H,4-7,11H2,1-3H3,(H,29,30,32)/t16-/m0/s1. The lowest BCUT2D eigenvalue weighted by Gasteiger charge is -2.18. The first-order chi connectivity index (χ1) is 16.9. The van der Waals surface area contributed by atoms with E-state index in [0.29, 0.717) is 29.5 Å². The molecule has 0 saturated carbocycles. The number of hydrogen-bond donors (Lipinski definition) is 1. The largest absolute Gasteiger partial charge is 0.496 e. The molecule has 1 atom stereocenters. The summed E-state index contributed by atoms with van der Waals surface area (Å²) in [4.78, 5) is 28.3. The summed E-state index contributed by atoms with van der Waals surface area (Å²) in [6.07, 6.45) is 5.02. The van der Waals surface area contributed by atoms with Crippen molar-refractivity contribution in [1.29, 1.82) is 0 Å². The number of anilines is 1. The van der Waals surface area contributed by atoms with E-state index in [-0.39, 0.29) is 27.3 Å².